The summed E-state index contributed by atoms with van der Waals surface area (Å²) in [4.78, 5) is 13.8. The molecule has 7 heteroatoms. The highest BCUT2D eigenvalue weighted by molar-refractivity contribution is 7.99. The highest BCUT2D eigenvalue weighted by Gasteiger charge is 2.20. The Balaban J connectivity index is 2.21. The third-order valence-corrected chi connectivity index (χ3v) is 3.92. The fraction of sp³-hybridized carbons (Fsp3) is 0.462. The molecule has 6 nitrogen and oxygen atoms in total. The van der Waals surface area contributed by atoms with E-state index in [1.54, 1.807) is 50.1 Å². The summed E-state index contributed by atoms with van der Waals surface area (Å²) in [6, 6.07) is 3.30. The van der Waals surface area contributed by atoms with Crippen molar-refractivity contribution in [2.24, 2.45) is 0 Å². The van der Waals surface area contributed by atoms with Crippen molar-refractivity contribution in [3.8, 4) is 17.2 Å². The number of urea groups is 1. The van der Waals surface area contributed by atoms with Crippen LogP contribution in [0.2, 0.25) is 0 Å². The molecule has 0 radical (unpaired) electrons. The van der Waals surface area contributed by atoms with Gasteiger partial charge in [-0.2, -0.15) is 0 Å². The maximum absolute atomic E-state index is 12.1. The largest absolute Gasteiger partial charge is 0.493 e. The number of ether oxygens (including phenoxy) is 3. The van der Waals surface area contributed by atoms with Crippen LogP contribution in [0, 0.1) is 0 Å². The quantitative estimate of drug-likeness (QED) is 0.924. The van der Waals surface area contributed by atoms with E-state index in [1.807, 2.05) is 0 Å². The SMILES string of the molecule is COc1cc(NC(=O)N2CCSC2)cc(OC)c1OC. The highest BCUT2D eigenvalue weighted by Crippen LogP contribution is 2.40. The monoisotopic (exact) mass is 298 g/mol. The zero-order valence-electron chi connectivity index (χ0n) is 11.8. The van der Waals surface area contributed by atoms with Crippen molar-refractivity contribution in [3.63, 3.8) is 0 Å². The van der Waals surface area contributed by atoms with Crippen LogP contribution in [-0.2, 0) is 0 Å². The van der Waals surface area contributed by atoms with E-state index in [0.29, 0.717) is 22.9 Å². The number of nitrogens with zero attached hydrogens (tertiary/aromatic N) is 1. The number of methoxy groups -OCH3 is 3. The van der Waals surface area contributed by atoms with Crippen LogP contribution in [0.25, 0.3) is 0 Å². The topological polar surface area (TPSA) is 60.0 Å². The van der Waals surface area contributed by atoms with Crippen molar-refractivity contribution in [3.05, 3.63) is 12.1 Å². The van der Waals surface area contributed by atoms with E-state index in [4.69, 9.17) is 14.2 Å². The lowest BCUT2D eigenvalue weighted by atomic mass is 10.2. The molecule has 20 heavy (non-hydrogen) atoms. The molecule has 2 rings (SSSR count). The molecular formula is C13H18N2O4S. The summed E-state index contributed by atoms with van der Waals surface area (Å²) >= 11 is 1.74. The molecular weight excluding hydrogens is 280 g/mol. The first-order valence-corrected chi connectivity index (χ1v) is 7.28. The van der Waals surface area contributed by atoms with Gasteiger partial charge in [0.25, 0.3) is 0 Å². The van der Waals surface area contributed by atoms with Crippen LogP contribution in [0.1, 0.15) is 0 Å². The molecule has 0 aromatic heterocycles. The van der Waals surface area contributed by atoms with Crippen molar-refractivity contribution in [1.29, 1.82) is 0 Å². The number of benzene rings is 1. The van der Waals surface area contributed by atoms with Crippen molar-refractivity contribution < 1.29 is 19.0 Å². The Kier molecular flexibility index (Phi) is 4.84. The third kappa shape index (κ3) is 3.04. The predicted molar refractivity (Wildman–Crippen MR) is 79.1 cm³/mol. The summed E-state index contributed by atoms with van der Waals surface area (Å²) in [5.41, 5.74) is 0.612. The fourth-order valence-electron chi connectivity index (χ4n) is 1.93. The number of hydrogen-bond acceptors (Lipinski definition) is 5. The summed E-state index contributed by atoms with van der Waals surface area (Å²) in [7, 11) is 4.63. The highest BCUT2D eigenvalue weighted by atomic mass is 32.2. The van der Waals surface area contributed by atoms with Crippen LogP contribution in [0.3, 0.4) is 0 Å². The third-order valence-electron chi connectivity index (χ3n) is 2.96. The summed E-state index contributed by atoms with van der Waals surface area (Å²) < 4.78 is 15.7. The molecule has 0 aliphatic carbocycles. The number of thioether (sulfide) groups is 1. The van der Waals surface area contributed by atoms with Crippen LogP contribution in [0.4, 0.5) is 10.5 Å². The van der Waals surface area contributed by atoms with Crippen LogP contribution in [0.15, 0.2) is 12.1 Å². The molecule has 0 atom stereocenters. The van der Waals surface area contributed by atoms with Gasteiger partial charge in [-0.15, -0.1) is 11.8 Å². The minimum atomic E-state index is -0.121. The Bertz CT molecular complexity index is 464. The smallest absolute Gasteiger partial charge is 0.322 e. The molecule has 1 fully saturated rings. The Morgan fingerprint density at radius 1 is 1.20 bits per heavy atom. The van der Waals surface area contributed by atoms with Gasteiger partial charge in [0.1, 0.15) is 0 Å². The second-order valence-electron chi connectivity index (χ2n) is 4.14. The maximum atomic E-state index is 12.1. The molecule has 110 valence electrons. The van der Waals surface area contributed by atoms with Gasteiger partial charge < -0.3 is 24.4 Å². The first-order valence-electron chi connectivity index (χ1n) is 6.13. The van der Waals surface area contributed by atoms with E-state index in [0.717, 1.165) is 18.2 Å². The molecule has 0 spiro atoms. The van der Waals surface area contributed by atoms with E-state index in [-0.39, 0.29) is 6.03 Å². The Morgan fingerprint density at radius 2 is 1.85 bits per heavy atom. The lowest BCUT2D eigenvalue weighted by molar-refractivity contribution is 0.225. The molecule has 1 aliphatic rings. The predicted octanol–water partition coefficient (Wildman–Crippen LogP) is 2.25. The first kappa shape index (κ1) is 14.6. The van der Waals surface area contributed by atoms with Crippen molar-refractivity contribution in [2.45, 2.75) is 0 Å². The Labute approximate surface area is 122 Å². The van der Waals surface area contributed by atoms with Crippen molar-refractivity contribution in [2.75, 3.05) is 44.8 Å². The zero-order chi connectivity index (χ0) is 14.5. The van der Waals surface area contributed by atoms with Gasteiger partial charge in [0.15, 0.2) is 11.5 Å². The van der Waals surface area contributed by atoms with E-state index in [1.165, 1.54) is 0 Å². The lowest BCUT2D eigenvalue weighted by Crippen LogP contribution is -2.32. The van der Waals surface area contributed by atoms with Gasteiger partial charge in [-0.1, -0.05) is 0 Å². The molecule has 0 unspecified atom stereocenters. The van der Waals surface area contributed by atoms with E-state index in [2.05, 4.69) is 5.32 Å². The summed E-state index contributed by atoms with van der Waals surface area (Å²) in [5.74, 6) is 3.22. The molecule has 2 amide bonds. The second kappa shape index (κ2) is 6.60. The molecule has 1 N–H and O–H groups in total. The van der Waals surface area contributed by atoms with Gasteiger partial charge in [0.05, 0.1) is 32.9 Å². The van der Waals surface area contributed by atoms with Crippen LogP contribution in [-0.4, -0.2) is 50.4 Å². The van der Waals surface area contributed by atoms with E-state index >= 15 is 0 Å². The summed E-state index contributed by atoms with van der Waals surface area (Å²) in [5, 5.41) is 2.84. The second-order valence-corrected chi connectivity index (χ2v) is 5.22. The van der Waals surface area contributed by atoms with Crippen LogP contribution >= 0.6 is 11.8 Å². The average Bonchev–Trinajstić information content (AvgIpc) is 3.00. The minimum Gasteiger partial charge on any atom is -0.493 e. The van der Waals surface area contributed by atoms with Gasteiger partial charge >= 0.3 is 6.03 Å². The maximum Gasteiger partial charge on any atom is 0.322 e. The molecule has 1 saturated heterocycles. The van der Waals surface area contributed by atoms with E-state index < -0.39 is 0 Å². The summed E-state index contributed by atoms with van der Waals surface area (Å²) in [6.07, 6.45) is 0. The van der Waals surface area contributed by atoms with Gasteiger partial charge in [-0.3, -0.25) is 0 Å². The Hall–Kier alpha value is -1.76. The average molecular weight is 298 g/mol. The standard InChI is InChI=1S/C13H18N2O4S/c1-17-10-6-9(7-11(18-2)12(10)19-3)14-13(16)15-4-5-20-8-15/h6-7H,4-5,8H2,1-3H3,(H,14,16). The number of amides is 2. The number of carbonyl (C=O) groups is 1. The summed E-state index contributed by atoms with van der Waals surface area (Å²) in [6.45, 7) is 0.765. The van der Waals surface area contributed by atoms with Crippen molar-refractivity contribution >= 4 is 23.5 Å². The lowest BCUT2D eigenvalue weighted by Gasteiger charge is -2.18. The van der Waals surface area contributed by atoms with Gasteiger partial charge in [-0.25, -0.2) is 4.79 Å². The zero-order valence-corrected chi connectivity index (χ0v) is 12.6. The normalized spacial score (nSPS) is 14.1. The molecule has 0 bridgehead atoms. The molecule has 1 aromatic rings. The Morgan fingerprint density at radius 3 is 2.30 bits per heavy atom. The number of hydrogen-bond donors (Lipinski definition) is 1. The fourth-order valence-corrected chi connectivity index (χ4v) is 2.88. The first-order chi connectivity index (χ1) is 9.69. The molecule has 1 aliphatic heterocycles. The number of rotatable bonds is 4. The van der Waals surface area contributed by atoms with Crippen LogP contribution in [0.5, 0.6) is 17.2 Å². The van der Waals surface area contributed by atoms with E-state index in [9.17, 15) is 4.79 Å². The molecule has 1 aromatic carbocycles. The van der Waals surface area contributed by atoms with Gasteiger partial charge in [0.2, 0.25) is 5.75 Å². The number of carbonyl (C=O) groups excluding carboxylic acids is 1. The molecule has 0 saturated carbocycles. The number of anilines is 1. The molecule has 1 heterocycles. The minimum absolute atomic E-state index is 0.121. The van der Waals surface area contributed by atoms with Crippen molar-refractivity contribution in [1.82, 2.24) is 4.90 Å². The van der Waals surface area contributed by atoms with Crippen LogP contribution < -0.4 is 19.5 Å². The number of nitrogens with one attached hydrogen (secondary N) is 1. The van der Waals surface area contributed by atoms with Gasteiger partial charge in [0, 0.05) is 24.4 Å². The van der Waals surface area contributed by atoms with Gasteiger partial charge in [-0.05, 0) is 0 Å².